The Kier molecular flexibility index (Phi) is 8.11. The second-order valence-electron chi connectivity index (χ2n) is 4.21. The number of phenols is 1. The molecule has 1 aromatic carbocycles. The van der Waals surface area contributed by atoms with Crippen LogP contribution in [0.1, 0.15) is 11.1 Å². The monoisotopic (exact) mass is 370 g/mol. The minimum atomic E-state index is 0. The maximum Gasteiger partial charge on any atom is 0.123 e. The fraction of sp³-hybridized carbons (Fsp3) is 0.500. The summed E-state index contributed by atoms with van der Waals surface area (Å²) < 4.78 is 1.16. The van der Waals surface area contributed by atoms with Gasteiger partial charge in [-0.2, -0.15) is 0 Å². The Labute approximate surface area is 123 Å². The summed E-state index contributed by atoms with van der Waals surface area (Å²) in [5.74, 6) is 0.415. The van der Waals surface area contributed by atoms with Gasteiger partial charge in [0.25, 0.3) is 0 Å². The number of hydrogen-bond acceptors (Lipinski definition) is 3. The molecule has 1 rings (SSSR count). The third-order valence-electron chi connectivity index (χ3n) is 2.40. The summed E-state index contributed by atoms with van der Waals surface area (Å²) in [7, 11) is 4.10. The minimum Gasteiger partial charge on any atom is -0.507 e. The first kappa shape index (κ1) is 17.0. The zero-order valence-corrected chi connectivity index (χ0v) is 13.4. The molecule has 17 heavy (non-hydrogen) atoms. The molecule has 0 radical (unpaired) electrons. The average Bonchev–Trinajstić information content (AvgIpc) is 2.19. The normalized spacial score (nSPS) is 10.4. The second-order valence-corrected chi connectivity index (χ2v) is 5.46. The molecule has 0 saturated carbocycles. The Morgan fingerprint density at radius 1 is 1.35 bits per heavy atom. The van der Waals surface area contributed by atoms with Crippen molar-refractivity contribution in [2.24, 2.45) is 0 Å². The summed E-state index contributed by atoms with van der Waals surface area (Å²) in [6.07, 6.45) is 0. The molecule has 2 N–H and O–H groups in total. The first-order chi connectivity index (χ1) is 7.50. The number of phenolic OH excluding ortho intramolecular Hbond substituents is 1. The Balaban J connectivity index is 0.00000256. The average molecular weight is 371 g/mol. The van der Waals surface area contributed by atoms with Crippen molar-refractivity contribution >= 4 is 35.0 Å². The SMILES string of the molecule is Cc1cc(I)cc(CNCCN(C)C)c1O.Cl. The predicted octanol–water partition coefficient (Wildman–Crippen LogP) is 2.38. The molecule has 3 nitrogen and oxygen atoms in total. The number of rotatable bonds is 5. The lowest BCUT2D eigenvalue weighted by atomic mass is 10.1. The van der Waals surface area contributed by atoms with Crippen molar-refractivity contribution in [2.75, 3.05) is 27.2 Å². The number of halogens is 2. The first-order valence-corrected chi connectivity index (χ1v) is 6.42. The van der Waals surface area contributed by atoms with Crippen LogP contribution in [0.4, 0.5) is 0 Å². The second kappa shape index (κ2) is 8.13. The van der Waals surface area contributed by atoms with Gasteiger partial charge in [-0.25, -0.2) is 0 Å². The van der Waals surface area contributed by atoms with E-state index in [2.05, 4.69) is 46.9 Å². The largest absolute Gasteiger partial charge is 0.507 e. The van der Waals surface area contributed by atoms with Crippen LogP contribution >= 0.6 is 35.0 Å². The summed E-state index contributed by atoms with van der Waals surface area (Å²) in [4.78, 5) is 2.13. The van der Waals surface area contributed by atoms with Crippen LogP contribution in [0.15, 0.2) is 12.1 Å². The van der Waals surface area contributed by atoms with Crippen molar-refractivity contribution in [1.82, 2.24) is 10.2 Å². The fourth-order valence-electron chi connectivity index (χ4n) is 1.47. The van der Waals surface area contributed by atoms with Crippen LogP contribution in [0, 0.1) is 10.5 Å². The zero-order valence-electron chi connectivity index (χ0n) is 10.5. The van der Waals surface area contributed by atoms with E-state index in [0.29, 0.717) is 5.75 Å². The van der Waals surface area contributed by atoms with Crippen molar-refractivity contribution in [3.8, 4) is 5.75 Å². The van der Waals surface area contributed by atoms with E-state index in [1.165, 1.54) is 0 Å². The molecule has 0 aromatic heterocycles. The van der Waals surface area contributed by atoms with Crippen LogP contribution in [0.5, 0.6) is 5.75 Å². The van der Waals surface area contributed by atoms with Crippen LogP contribution in [0.25, 0.3) is 0 Å². The lowest BCUT2D eigenvalue weighted by molar-refractivity contribution is 0.398. The molecule has 0 aliphatic heterocycles. The van der Waals surface area contributed by atoms with Crippen LogP contribution in [-0.4, -0.2) is 37.2 Å². The van der Waals surface area contributed by atoms with E-state index >= 15 is 0 Å². The molecule has 0 bridgehead atoms. The van der Waals surface area contributed by atoms with Gasteiger partial charge in [0.1, 0.15) is 5.75 Å². The molecular formula is C12H20ClIN2O. The van der Waals surface area contributed by atoms with Crippen LogP contribution in [0.3, 0.4) is 0 Å². The van der Waals surface area contributed by atoms with E-state index in [9.17, 15) is 5.11 Å². The van der Waals surface area contributed by atoms with Crippen LogP contribution < -0.4 is 5.32 Å². The molecule has 0 fully saturated rings. The van der Waals surface area contributed by atoms with Gasteiger partial charge in [0.15, 0.2) is 0 Å². The van der Waals surface area contributed by atoms with Gasteiger partial charge < -0.3 is 15.3 Å². The lowest BCUT2D eigenvalue weighted by Gasteiger charge is -2.12. The van der Waals surface area contributed by atoms with E-state index in [1.54, 1.807) is 0 Å². The van der Waals surface area contributed by atoms with Gasteiger partial charge in [0.2, 0.25) is 0 Å². The van der Waals surface area contributed by atoms with Gasteiger partial charge in [-0.05, 0) is 61.3 Å². The van der Waals surface area contributed by atoms with Crippen LogP contribution in [0.2, 0.25) is 0 Å². The summed E-state index contributed by atoms with van der Waals surface area (Å²) in [6, 6.07) is 4.00. The highest BCUT2D eigenvalue weighted by Crippen LogP contribution is 2.24. The summed E-state index contributed by atoms with van der Waals surface area (Å²) in [5, 5.41) is 13.2. The molecule has 0 aliphatic rings. The van der Waals surface area contributed by atoms with E-state index < -0.39 is 0 Å². The molecule has 0 atom stereocenters. The molecule has 1 aromatic rings. The topological polar surface area (TPSA) is 35.5 Å². The summed E-state index contributed by atoms with van der Waals surface area (Å²) >= 11 is 2.27. The van der Waals surface area contributed by atoms with Gasteiger partial charge in [-0.15, -0.1) is 12.4 Å². The molecule has 0 aliphatic carbocycles. The quantitative estimate of drug-likeness (QED) is 0.617. The third-order valence-corrected chi connectivity index (χ3v) is 3.02. The third kappa shape index (κ3) is 5.90. The summed E-state index contributed by atoms with van der Waals surface area (Å²) in [6.45, 7) is 4.58. The van der Waals surface area contributed by atoms with Gasteiger partial charge in [0, 0.05) is 28.8 Å². The number of likely N-dealkylation sites (N-methyl/N-ethyl adjacent to an activating group) is 1. The van der Waals surface area contributed by atoms with Gasteiger partial charge >= 0.3 is 0 Å². The first-order valence-electron chi connectivity index (χ1n) is 5.34. The van der Waals surface area contributed by atoms with Crippen molar-refractivity contribution in [2.45, 2.75) is 13.5 Å². The minimum absolute atomic E-state index is 0. The molecular weight excluding hydrogens is 351 g/mol. The number of nitrogens with zero attached hydrogens (tertiary/aromatic N) is 1. The van der Waals surface area contributed by atoms with Crippen molar-refractivity contribution in [1.29, 1.82) is 0 Å². The van der Waals surface area contributed by atoms with Crippen LogP contribution in [-0.2, 0) is 6.54 Å². The van der Waals surface area contributed by atoms with E-state index in [1.807, 2.05) is 19.1 Å². The lowest BCUT2D eigenvalue weighted by Crippen LogP contribution is -2.26. The van der Waals surface area contributed by atoms with Crippen molar-refractivity contribution in [3.05, 3.63) is 26.8 Å². The highest BCUT2D eigenvalue weighted by molar-refractivity contribution is 14.1. The molecule has 0 unspecified atom stereocenters. The zero-order chi connectivity index (χ0) is 12.1. The molecule has 0 heterocycles. The van der Waals surface area contributed by atoms with E-state index in [4.69, 9.17) is 0 Å². The van der Waals surface area contributed by atoms with E-state index in [-0.39, 0.29) is 12.4 Å². The van der Waals surface area contributed by atoms with Gasteiger partial charge in [-0.3, -0.25) is 0 Å². The molecule has 0 amide bonds. The standard InChI is InChI=1S/C12H19IN2O.ClH/c1-9-6-11(13)7-10(12(9)16)8-14-4-5-15(2)3;/h6-7,14,16H,4-5,8H2,1-3H3;1H. The van der Waals surface area contributed by atoms with E-state index in [0.717, 1.165) is 34.3 Å². The Morgan fingerprint density at radius 2 is 2.00 bits per heavy atom. The Hall–Kier alpha value is -0.0400. The predicted molar refractivity (Wildman–Crippen MR) is 83.1 cm³/mol. The smallest absolute Gasteiger partial charge is 0.123 e. The van der Waals surface area contributed by atoms with Crippen molar-refractivity contribution in [3.63, 3.8) is 0 Å². The van der Waals surface area contributed by atoms with Gasteiger partial charge in [-0.1, -0.05) is 0 Å². The fourth-order valence-corrected chi connectivity index (χ4v) is 2.31. The highest BCUT2D eigenvalue weighted by atomic mass is 127. The molecule has 5 heteroatoms. The number of aromatic hydroxyl groups is 1. The number of nitrogens with one attached hydrogen (secondary N) is 1. The van der Waals surface area contributed by atoms with Crippen molar-refractivity contribution < 1.29 is 5.11 Å². The number of hydrogen-bond donors (Lipinski definition) is 2. The number of aryl methyl sites for hydroxylation is 1. The number of benzene rings is 1. The Bertz CT molecular complexity index is 359. The molecule has 0 saturated heterocycles. The maximum absolute atomic E-state index is 9.88. The van der Waals surface area contributed by atoms with Gasteiger partial charge in [0.05, 0.1) is 0 Å². The summed E-state index contributed by atoms with van der Waals surface area (Å²) in [5.41, 5.74) is 1.92. The molecule has 0 spiro atoms. The Morgan fingerprint density at radius 3 is 2.59 bits per heavy atom. The molecule has 98 valence electrons. The highest BCUT2D eigenvalue weighted by Gasteiger charge is 2.05. The maximum atomic E-state index is 9.88.